The van der Waals surface area contributed by atoms with Gasteiger partial charge in [-0.05, 0) is 12.1 Å². The third-order valence-electron chi connectivity index (χ3n) is 1.74. The Bertz CT molecular complexity index is 515. The van der Waals surface area contributed by atoms with Crippen molar-refractivity contribution in [1.82, 2.24) is 8.75 Å². The van der Waals surface area contributed by atoms with Crippen LogP contribution in [-0.4, -0.2) is 8.75 Å². The Kier molecular flexibility index (Phi) is 2.62. The predicted octanol–water partition coefficient (Wildman–Crippen LogP) is 3.28. The molecule has 0 saturated heterocycles. The van der Waals surface area contributed by atoms with Crippen LogP contribution >= 0.6 is 23.3 Å². The van der Waals surface area contributed by atoms with Crippen LogP contribution in [0.25, 0.3) is 11.3 Å². The first-order chi connectivity index (χ1) is 7.11. The van der Waals surface area contributed by atoms with E-state index in [1.54, 1.807) is 0 Å². The molecule has 2 aromatic rings. The molecule has 2 nitrogen and oxygen atoms in total. The Morgan fingerprint density at radius 2 is 1.80 bits per heavy atom. The first kappa shape index (κ1) is 10.4. The zero-order valence-corrected chi connectivity index (χ0v) is 8.54. The summed E-state index contributed by atoms with van der Waals surface area (Å²) in [6.45, 7) is 0. The van der Waals surface area contributed by atoms with E-state index in [0.717, 1.165) is 23.9 Å². The summed E-state index contributed by atoms with van der Waals surface area (Å²) in [5.41, 5.74) is -0.189. The standard InChI is InChI=1S/C8H2ClF3N2S/c9-8-7(13-15-14-8)3-1-2-4(10)6(12)5(3)11/h1-2H. The lowest BCUT2D eigenvalue weighted by molar-refractivity contribution is 0.449. The minimum absolute atomic E-state index is 0.0121. The van der Waals surface area contributed by atoms with Gasteiger partial charge in [0.1, 0.15) is 5.69 Å². The summed E-state index contributed by atoms with van der Waals surface area (Å²) in [7, 11) is 0. The molecule has 0 N–H and O–H groups in total. The molecule has 0 fully saturated rings. The van der Waals surface area contributed by atoms with Crippen molar-refractivity contribution in [3.05, 3.63) is 34.7 Å². The topological polar surface area (TPSA) is 25.8 Å². The van der Waals surface area contributed by atoms with E-state index in [4.69, 9.17) is 11.6 Å². The van der Waals surface area contributed by atoms with Crippen LogP contribution in [0.5, 0.6) is 0 Å². The van der Waals surface area contributed by atoms with Crippen LogP contribution < -0.4 is 0 Å². The summed E-state index contributed by atoms with van der Waals surface area (Å²) < 4.78 is 46.1. The fourth-order valence-electron chi connectivity index (χ4n) is 1.05. The Hall–Kier alpha value is -1.14. The van der Waals surface area contributed by atoms with E-state index in [2.05, 4.69) is 8.75 Å². The van der Waals surface area contributed by atoms with Crippen molar-refractivity contribution in [2.24, 2.45) is 0 Å². The number of aromatic nitrogens is 2. The normalized spacial score (nSPS) is 10.7. The maximum Gasteiger partial charge on any atom is 0.195 e. The molecule has 0 aliphatic carbocycles. The number of benzene rings is 1. The van der Waals surface area contributed by atoms with Gasteiger partial charge < -0.3 is 0 Å². The highest BCUT2D eigenvalue weighted by Gasteiger charge is 2.18. The van der Waals surface area contributed by atoms with Gasteiger partial charge in [-0.1, -0.05) is 11.6 Å². The first-order valence-corrected chi connectivity index (χ1v) is 4.84. The zero-order chi connectivity index (χ0) is 11.0. The number of hydrogen-bond acceptors (Lipinski definition) is 3. The van der Waals surface area contributed by atoms with Crippen molar-refractivity contribution >= 4 is 23.3 Å². The first-order valence-electron chi connectivity index (χ1n) is 3.73. The third kappa shape index (κ3) is 1.70. The second kappa shape index (κ2) is 3.79. The minimum Gasteiger partial charge on any atom is -0.204 e. The molecule has 0 atom stereocenters. The Morgan fingerprint density at radius 1 is 1.07 bits per heavy atom. The molecule has 0 bridgehead atoms. The number of hydrogen-bond donors (Lipinski definition) is 0. The fraction of sp³-hybridized carbons (Fsp3) is 0. The maximum atomic E-state index is 13.3. The van der Waals surface area contributed by atoms with Crippen LogP contribution in [0.15, 0.2) is 12.1 Å². The van der Waals surface area contributed by atoms with Crippen LogP contribution in [0, 0.1) is 17.5 Å². The molecule has 0 aliphatic heterocycles. The highest BCUT2D eigenvalue weighted by molar-refractivity contribution is 6.99. The Morgan fingerprint density at radius 3 is 2.40 bits per heavy atom. The quantitative estimate of drug-likeness (QED) is 0.726. The molecule has 0 spiro atoms. The summed E-state index contributed by atoms with van der Waals surface area (Å²) in [5, 5.41) is -0.0371. The molecule has 0 unspecified atom stereocenters. The average molecular weight is 251 g/mol. The van der Waals surface area contributed by atoms with Crippen LogP contribution in [0.4, 0.5) is 13.2 Å². The number of nitrogens with zero attached hydrogens (tertiary/aromatic N) is 2. The van der Waals surface area contributed by atoms with Crippen molar-refractivity contribution in [3.8, 4) is 11.3 Å². The van der Waals surface area contributed by atoms with Gasteiger partial charge in [0.05, 0.1) is 11.7 Å². The van der Waals surface area contributed by atoms with E-state index < -0.39 is 17.5 Å². The lowest BCUT2D eigenvalue weighted by Crippen LogP contribution is -1.94. The smallest absolute Gasteiger partial charge is 0.195 e. The van der Waals surface area contributed by atoms with Gasteiger partial charge in [-0.3, -0.25) is 0 Å². The highest BCUT2D eigenvalue weighted by atomic mass is 35.5. The van der Waals surface area contributed by atoms with Crippen molar-refractivity contribution < 1.29 is 13.2 Å². The van der Waals surface area contributed by atoms with E-state index in [1.165, 1.54) is 0 Å². The molecule has 1 heterocycles. The van der Waals surface area contributed by atoms with E-state index in [0.29, 0.717) is 0 Å². The van der Waals surface area contributed by atoms with Gasteiger partial charge in [-0.25, -0.2) is 13.2 Å². The van der Waals surface area contributed by atoms with Gasteiger partial charge in [0.2, 0.25) is 0 Å². The zero-order valence-electron chi connectivity index (χ0n) is 6.97. The highest BCUT2D eigenvalue weighted by Crippen LogP contribution is 2.29. The molecule has 78 valence electrons. The molecule has 2 rings (SSSR count). The van der Waals surface area contributed by atoms with Gasteiger partial charge in [-0.15, -0.1) is 0 Å². The van der Waals surface area contributed by atoms with Crippen molar-refractivity contribution in [2.75, 3.05) is 0 Å². The molecule has 0 saturated carbocycles. The molecule has 7 heteroatoms. The minimum atomic E-state index is -1.54. The van der Waals surface area contributed by atoms with Crippen LogP contribution in [-0.2, 0) is 0 Å². The van der Waals surface area contributed by atoms with Gasteiger partial charge in [0.15, 0.2) is 22.6 Å². The van der Waals surface area contributed by atoms with Crippen LogP contribution in [0.1, 0.15) is 0 Å². The van der Waals surface area contributed by atoms with E-state index in [1.807, 2.05) is 0 Å². The number of halogens is 4. The molecule has 0 radical (unpaired) electrons. The van der Waals surface area contributed by atoms with E-state index in [-0.39, 0.29) is 16.4 Å². The van der Waals surface area contributed by atoms with Gasteiger partial charge in [0, 0.05) is 5.56 Å². The maximum absolute atomic E-state index is 13.3. The summed E-state index contributed by atoms with van der Waals surface area (Å²) in [5.74, 6) is -4.11. The Labute approximate surface area is 91.7 Å². The summed E-state index contributed by atoms with van der Waals surface area (Å²) in [6, 6.07) is 1.87. The molecule has 0 aliphatic rings. The molecular formula is C8H2ClF3N2S. The van der Waals surface area contributed by atoms with Gasteiger partial charge >= 0.3 is 0 Å². The van der Waals surface area contributed by atoms with Crippen molar-refractivity contribution in [1.29, 1.82) is 0 Å². The molecule has 1 aromatic carbocycles. The largest absolute Gasteiger partial charge is 0.204 e. The predicted molar refractivity (Wildman–Crippen MR) is 50.2 cm³/mol. The van der Waals surface area contributed by atoms with Crippen molar-refractivity contribution in [2.45, 2.75) is 0 Å². The molecule has 1 aromatic heterocycles. The lowest BCUT2D eigenvalue weighted by atomic mass is 10.1. The molecular weight excluding hydrogens is 249 g/mol. The summed E-state index contributed by atoms with van der Waals surface area (Å²) in [4.78, 5) is 0. The van der Waals surface area contributed by atoms with Crippen molar-refractivity contribution in [3.63, 3.8) is 0 Å². The SMILES string of the molecule is Fc1ccc(-c2nsnc2Cl)c(F)c1F. The van der Waals surface area contributed by atoms with Crippen LogP contribution in [0.2, 0.25) is 5.15 Å². The molecule has 15 heavy (non-hydrogen) atoms. The lowest BCUT2D eigenvalue weighted by Gasteiger charge is -2.01. The number of rotatable bonds is 1. The second-order valence-electron chi connectivity index (χ2n) is 2.63. The third-order valence-corrected chi connectivity index (χ3v) is 2.63. The van der Waals surface area contributed by atoms with E-state index >= 15 is 0 Å². The monoisotopic (exact) mass is 250 g/mol. The van der Waals surface area contributed by atoms with E-state index in [9.17, 15) is 13.2 Å². The summed E-state index contributed by atoms with van der Waals surface area (Å²) in [6.07, 6.45) is 0. The molecule has 0 amide bonds. The van der Waals surface area contributed by atoms with Gasteiger partial charge in [0.25, 0.3) is 0 Å². The van der Waals surface area contributed by atoms with Crippen LogP contribution in [0.3, 0.4) is 0 Å². The Balaban J connectivity index is 2.65. The van der Waals surface area contributed by atoms with Gasteiger partial charge in [-0.2, -0.15) is 8.75 Å². The fourth-order valence-corrected chi connectivity index (χ4v) is 1.80. The second-order valence-corrected chi connectivity index (χ2v) is 3.51. The summed E-state index contributed by atoms with van der Waals surface area (Å²) >= 11 is 6.36. The average Bonchev–Trinajstić information content (AvgIpc) is 2.62.